The number of likely N-dealkylation sites (N-methyl/N-ethyl adjacent to an activating group) is 1. The van der Waals surface area contributed by atoms with Gasteiger partial charge < -0.3 is 19.7 Å². The Morgan fingerprint density at radius 3 is 2.18 bits per heavy atom. The zero-order valence-electron chi connectivity index (χ0n) is 20.7. The van der Waals surface area contributed by atoms with Crippen LogP contribution >= 0.6 is 0 Å². The lowest BCUT2D eigenvalue weighted by Crippen LogP contribution is -2.43. The Labute approximate surface area is 204 Å². The Morgan fingerprint density at radius 2 is 1.50 bits per heavy atom. The molecule has 34 heavy (non-hydrogen) atoms. The van der Waals surface area contributed by atoms with Crippen molar-refractivity contribution in [3.8, 4) is 0 Å². The van der Waals surface area contributed by atoms with Gasteiger partial charge in [-0.05, 0) is 50.9 Å². The normalized spacial score (nSPS) is 11.9. The highest BCUT2D eigenvalue weighted by Crippen LogP contribution is 2.06. The fraction of sp³-hybridized carbons (Fsp3) is 0.500. The summed E-state index contributed by atoms with van der Waals surface area (Å²) in [7, 11) is 3.85. The van der Waals surface area contributed by atoms with Gasteiger partial charge in [-0.2, -0.15) is 0 Å². The number of nitrogens with one attached hydrogen (secondary N) is 1. The van der Waals surface area contributed by atoms with Gasteiger partial charge in [-0.3, -0.25) is 9.59 Å². The molecule has 2 rings (SSSR count). The number of benzene rings is 2. The summed E-state index contributed by atoms with van der Waals surface area (Å²) in [5.74, 6) is -0.327. The van der Waals surface area contributed by atoms with Crippen molar-refractivity contribution >= 4 is 11.9 Å². The molecule has 1 N–H and O–H groups in total. The molecule has 0 aliphatic heterocycles. The molecule has 0 saturated heterocycles. The molecule has 0 aliphatic carbocycles. The molecule has 6 heteroatoms. The van der Waals surface area contributed by atoms with Crippen molar-refractivity contribution in [3.05, 3.63) is 71.8 Å². The predicted molar refractivity (Wildman–Crippen MR) is 135 cm³/mol. The molecule has 0 aliphatic rings. The third-order valence-electron chi connectivity index (χ3n) is 5.40. The fourth-order valence-electron chi connectivity index (χ4n) is 3.69. The first kappa shape index (κ1) is 27.5. The van der Waals surface area contributed by atoms with Crippen LogP contribution in [0.1, 0.15) is 49.7 Å². The van der Waals surface area contributed by atoms with Crippen molar-refractivity contribution in [2.75, 3.05) is 33.9 Å². The molecule has 0 spiro atoms. The van der Waals surface area contributed by atoms with Gasteiger partial charge in [0.05, 0.1) is 12.5 Å². The van der Waals surface area contributed by atoms with E-state index in [2.05, 4.69) is 29.6 Å². The van der Waals surface area contributed by atoms with E-state index in [1.54, 1.807) is 0 Å². The summed E-state index contributed by atoms with van der Waals surface area (Å²) in [6, 6.07) is 19.8. The minimum Gasteiger partial charge on any atom is -0.461 e. The number of carbonyl (C=O) groups excluding carboxylic acids is 2. The van der Waals surface area contributed by atoms with Gasteiger partial charge >= 0.3 is 5.97 Å². The molecular weight excluding hydrogens is 428 g/mol. The first-order valence-electron chi connectivity index (χ1n) is 12.3. The van der Waals surface area contributed by atoms with Crippen molar-refractivity contribution in [2.45, 2.75) is 57.6 Å². The molecular formula is C28H40N2O4. The molecule has 2 aromatic carbocycles. The van der Waals surface area contributed by atoms with Crippen molar-refractivity contribution < 1.29 is 19.1 Å². The average Bonchev–Trinajstić information content (AvgIpc) is 2.82. The van der Waals surface area contributed by atoms with E-state index in [9.17, 15) is 9.59 Å². The molecule has 0 radical (unpaired) electrons. The van der Waals surface area contributed by atoms with Crippen molar-refractivity contribution in [2.24, 2.45) is 0 Å². The average molecular weight is 469 g/mol. The minimum atomic E-state index is -0.305. The van der Waals surface area contributed by atoms with Crippen LogP contribution in [0.25, 0.3) is 0 Å². The van der Waals surface area contributed by atoms with Gasteiger partial charge in [0, 0.05) is 26.2 Å². The summed E-state index contributed by atoms with van der Waals surface area (Å²) in [5.41, 5.74) is 2.29. The van der Waals surface area contributed by atoms with Crippen LogP contribution in [0.5, 0.6) is 0 Å². The van der Waals surface area contributed by atoms with Crippen LogP contribution in [0.4, 0.5) is 0 Å². The predicted octanol–water partition coefficient (Wildman–Crippen LogP) is 4.38. The van der Waals surface area contributed by atoms with Gasteiger partial charge in [0.15, 0.2) is 0 Å². The number of esters is 1. The van der Waals surface area contributed by atoms with E-state index in [1.807, 2.05) is 55.4 Å². The number of aryl methyl sites for hydroxylation is 1. The van der Waals surface area contributed by atoms with Crippen molar-refractivity contribution in [1.29, 1.82) is 0 Å². The summed E-state index contributed by atoms with van der Waals surface area (Å²) in [5, 5.41) is 3.00. The Balaban J connectivity index is 1.54. The van der Waals surface area contributed by atoms with Gasteiger partial charge in [0.1, 0.15) is 6.61 Å². The molecule has 1 atom stereocenters. The Hall–Kier alpha value is -2.70. The van der Waals surface area contributed by atoms with Gasteiger partial charge in [-0.15, -0.1) is 0 Å². The summed E-state index contributed by atoms with van der Waals surface area (Å²) in [6.45, 7) is 2.33. The lowest BCUT2D eigenvalue weighted by molar-refractivity contribution is -0.145. The molecule has 0 aromatic heterocycles. The van der Waals surface area contributed by atoms with Crippen LogP contribution in [0, 0.1) is 0 Å². The van der Waals surface area contributed by atoms with Crippen molar-refractivity contribution in [3.63, 3.8) is 0 Å². The van der Waals surface area contributed by atoms with Crippen LogP contribution in [0.15, 0.2) is 60.7 Å². The number of nitrogens with zero attached hydrogens (tertiary/aromatic N) is 1. The quantitative estimate of drug-likeness (QED) is 0.276. The Bertz CT molecular complexity index is 812. The van der Waals surface area contributed by atoms with Crippen LogP contribution in [-0.4, -0.2) is 56.7 Å². The van der Waals surface area contributed by atoms with Gasteiger partial charge in [-0.25, -0.2) is 0 Å². The van der Waals surface area contributed by atoms with Crippen LogP contribution in [0.2, 0.25) is 0 Å². The van der Waals surface area contributed by atoms with Crippen LogP contribution < -0.4 is 5.32 Å². The zero-order valence-corrected chi connectivity index (χ0v) is 20.7. The van der Waals surface area contributed by atoms with Gasteiger partial charge in [0.2, 0.25) is 5.91 Å². The number of rotatable bonds is 17. The SMILES string of the molecule is CN(C)CC(CC(=O)OCc1ccccc1)NC(=O)CCCCCOCCCc1ccccc1. The van der Waals surface area contributed by atoms with E-state index >= 15 is 0 Å². The lowest BCUT2D eigenvalue weighted by Gasteiger charge is -2.22. The number of carbonyl (C=O) groups is 2. The molecule has 186 valence electrons. The van der Waals surface area contributed by atoms with Crippen molar-refractivity contribution in [1.82, 2.24) is 10.2 Å². The van der Waals surface area contributed by atoms with E-state index in [-0.39, 0.29) is 30.9 Å². The van der Waals surface area contributed by atoms with Crippen LogP contribution in [0.3, 0.4) is 0 Å². The van der Waals surface area contributed by atoms with Gasteiger partial charge in [0.25, 0.3) is 0 Å². The molecule has 1 unspecified atom stereocenters. The first-order valence-corrected chi connectivity index (χ1v) is 12.3. The van der Waals surface area contributed by atoms with E-state index in [0.29, 0.717) is 13.0 Å². The molecule has 0 fully saturated rings. The van der Waals surface area contributed by atoms with E-state index < -0.39 is 0 Å². The molecule has 6 nitrogen and oxygen atoms in total. The standard InChI is InChI=1S/C28H40N2O4/c1-30(2)22-26(21-28(32)34-23-25-15-8-4-9-16-25)29-27(31)18-10-5-11-19-33-20-12-17-24-13-6-3-7-14-24/h3-4,6-9,13-16,26H,5,10-12,17-23H2,1-2H3,(H,29,31). The summed E-state index contributed by atoms with van der Waals surface area (Å²) >= 11 is 0. The number of hydrogen-bond donors (Lipinski definition) is 1. The molecule has 0 bridgehead atoms. The number of unbranched alkanes of at least 4 members (excludes halogenated alkanes) is 2. The van der Waals surface area contributed by atoms with E-state index in [0.717, 1.165) is 50.9 Å². The lowest BCUT2D eigenvalue weighted by atomic mass is 10.1. The second kappa shape index (κ2) is 16.8. The minimum absolute atomic E-state index is 0.0218. The second-order valence-electron chi connectivity index (χ2n) is 8.89. The van der Waals surface area contributed by atoms with Crippen LogP contribution in [-0.2, 0) is 32.1 Å². The largest absolute Gasteiger partial charge is 0.461 e. The highest BCUT2D eigenvalue weighted by Gasteiger charge is 2.18. The molecule has 2 aromatic rings. The Morgan fingerprint density at radius 1 is 0.853 bits per heavy atom. The highest BCUT2D eigenvalue weighted by molar-refractivity contribution is 5.77. The highest BCUT2D eigenvalue weighted by atomic mass is 16.5. The Kier molecular flexibility index (Phi) is 13.6. The number of amides is 1. The smallest absolute Gasteiger partial charge is 0.308 e. The monoisotopic (exact) mass is 468 g/mol. The third kappa shape index (κ3) is 13.1. The summed E-state index contributed by atoms with van der Waals surface area (Å²) < 4.78 is 11.1. The molecule has 0 saturated carbocycles. The summed E-state index contributed by atoms with van der Waals surface area (Å²) in [4.78, 5) is 26.6. The number of hydrogen-bond acceptors (Lipinski definition) is 5. The molecule has 0 heterocycles. The van der Waals surface area contributed by atoms with Gasteiger partial charge in [-0.1, -0.05) is 67.1 Å². The van der Waals surface area contributed by atoms with E-state index in [4.69, 9.17) is 9.47 Å². The third-order valence-corrected chi connectivity index (χ3v) is 5.40. The fourth-order valence-corrected chi connectivity index (χ4v) is 3.69. The summed E-state index contributed by atoms with van der Waals surface area (Å²) in [6.07, 6.45) is 5.38. The molecule has 1 amide bonds. The number of ether oxygens (including phenoxy) is 2. The first-order chi connectivity index (χ1) is 16.5. The maximum Gasteiger partial charge on any atom is 0.308 e. The second-order valence-corrected chi connectivity index (χ2v) is 8.89. The topological polar surface area (TPSA) is 67.9 Å². The maximum atomic E-state index is 12.4. The maximum absolute atomic E-state index is 12.4. The van der Waals surface area contributed by atoms with E-state index in [1.165, 1.54) is 5.56 Å². The zero-order chi connectivity index (χ0) is 24.4.